The van der Waals surface area contributed by atoms with Crippen LogP contribution in [-0.4, -0.2) is 28.1 Å². The molecule has 0 fully saturated rings. The number of sulfone groups is 1. The summed E-state index contributed by atoms with van der Waals surface area (Å²) in [6.07, 6.45) is 4.26. The number of nitrogens with zero attached hydrogens (tertiary/aromatic N) is 1. The van der Waals surface area contributed by atoms with Crippen molar-refractivity contribution in [3.63, 3.8) is 0 Å². The first kappa shape index (κ1) is 16.6. The fourth-order valence-corrected chi connectivity index (χ4v) is 3.73. The number of nitrogens with one attached hydrogen (secondary N) is 1. The van der Waals surface area contributed by atoms with Crippen molar-refractivity contribution < 1.29 is 16.8 Å². The number of rotatable bonds is 5. The van der Waals surface area contributed by atoms with Crippen LogP contribution in [0, 0.1) is 0 Å². The molecule has 0 aliphatic carbocycles. The molecule has 0 spiro atoms. The van der Waals surface area contributed by atoms with Gasteiger partial charge in [0, 0.05) is 24.7 Å². The van der Waals surface area contributed by atoms with Gasteiger partial charge in [-0.05, 0) is 42.8 Å². The number of sulfonamides is 1. The van der Waals surface area contributed by atoms with Crippen molar-refractivity contribution in [1.29, 1.82) is 0 Å². The predicted molar refractivity (Wildman–Crippen MR) is 82.5 cm³/mol. The highest BCUT2D eigenvalue weighted by molar-refractivity contribution is 7.90. The third-order valence-electron chi connectivity index (χ3n) is 3.08. The van der Waals surface area contributed by atoms with Crippen LogP contribution in [-0.2, 0) is 19.9 Å². The van der Waals surface area contributed by atoms with E-state index in [1.807, 2.05) is 0 Å². The zero-order valence-corrected chi connectivity index (χ0v) is 13.7. The number of hydrogen-bond donors (Lipinski definition) is 1. The third kappa shape index (κ3) is 3.90. The standard InChI is InChI=1S/C14H16N2O4S2/c1-11(12-4-3-9-15-10-12)16-22(19,20)14-7-5-13(6-8-14)21(2,17)18/h3-11,16H,1-2H3. The van der Waals surface area contributed by atoms with Gasteiger partial charge in [0.15, 0.2) is 9.84 Å². The molecule has 0 bridgehead atoms. The average molecular weight is 340 g/mol. The number of pyridine rings is 1. The maximum absolute atomic E-state index is 12.3. The molecule has 0 aliphatic rings. The number of aromatic nitrogens is 1. The molecule has 118 valence electrons. The molecular weight excluding hydrogens is 324 g/mol. The molecule has 1 unspecified atom stereocenters. The maximum Gasteiger partial charge on any atom is 0.241 e. The second-order valence-corrected chi connectivity index (χ2v) is 8.60. The summed E-state index contributed by atoms with van der Waals surface area (Å²) in [5, 5.41) is 0. The highest BCUT2D eigenvalue weighted by atomic mass is 32.2. The van der Waals surface area contributed by atoms with Gasteiger partial charge >= 0.3 is 0 Å². The Labute approximate surface area is 130 Å². The molecule has 1 heterocycles. The number of benzene rings is 1. The monoisotopic (exact) mass is 340 g/mol. The molecule has 8 heteroatoms. The smallest absolute Gasteiger partial charge is 0.241 e. The zero-order valence-electron chi connectivity index (χ0n) is 12.1. The van der Waals surface area contributed by atoms with Crippen molar-refractivity contribution in [1.82, 2.24) is 9.71 Å². The van der Waals surface area contributed by atoms with E-state index in [1.54, 1.807) is 31.5 Å². The van der Waals surface area contributed by atoms with Crippen molar-refractivity contribution in [2.45, 2.75) is 22.8 Å². The first-order valence-corrected chi connectivity index (χ1v) is 9.80. The lowest BCUT2D eigenvalue weighted by molar-refractivity contribution is 0.566. The van der Waals surface area contributed by atoms with Crippen LogP contribution in [0.3, 0.4) is 0 Å². The first-order chi connectivity index (χ1) is 10.2. The molecule has 1 atom stereocenters. The summed E-state index contributed by atoms with van der Waals surface area (Å²) >= 11 is 0. The predicted octanol–water partition coefficient (Wildman–Crippen LogP) is 1.52. The van der Waals surface area contributed by atoms with Crippen molar-refractivity contribution >= 4 is 19.9 Å². The van der Waals surface area contributed by atoms with E-state index in [1.165, 1.54) is 24.3 Å². The molecule has 2 rings (SSSR count). The van der Waals surface area contributed by atoms with Crippen LogP contribution in [0.2, 0.25) is 0 Å². The lowest BCUT2D eigenvalue weighted by Gasteiger charge is -2.14. The summed E-state index contributed by atoms with van der Waals surface area (Å²) in [4.78, 5) is 4.03. The van der Waals surface area contributed by atoms with Gasteiger partial charge in [-0.1, -0.05) is 6.07 Å². The van der Waals surface area contributed by atoms with Gasteiger partial charge in [0.1, 0.15) is 0 Å². The minimum absolute atomic E-state index is 0.00985. The summed E-state index contributed by atoms with van der Waals surface area (Å²) in [5.41, 5.74) is 0.735. The topological polar surface area (TPSA) is 93.2 Å². The quantitative estimate of drug-likeness (QED) is 0.891. The van der Waals surface area contributed by atoms with E-state index in [9.17, 15) is 16.8 Å². The van der Waals surface area contributed by atoms with Crippen LogP contribution in [0.15, 0.2) is 58.6 Å². The first-order valence-electron chi connectivity index (χ1n) is 6.42. The Hall–Kier alpha value is -1.77. The summed E-state index contributed by atoms with van der Waals surface area (Å²) < 4.78 is 49.9. The molecule has 1 N–H and O–H groups in total. The van der Waals surface area contributed by atoms with Gasteiger partial charge in [-0.3, -0.25) is 4.98 Å². The lowest BCUT2D eigenvalue weighted by atomic mass is 10.2. The Balaban J connectivity index is 2.24. The summed E-state index contributed by atoms with van der Waals surface area (Å²) in [6.45, 7) is 1.71. The van der Waals surface area contributed by atoms with Crippen LogP contribution < -0.4 is 4.72 Å². The molecule has 22 heavy (non-hydrogen) atoms. The van der Waals surface area contributed by atoms with Gasteiger partial charge in [-0.25, -0.2) is 21.6 Å². The Morgan fingerprint density at radius 2 is 1.59 bits per heavy atom. The summed E-state index contributed by atoms with van der Waals surface area (Å²) in [6, 6.07) is 8.14. The molecule has 6 nitrogen and oxygen atoms in total. The van der Waals surface area contributed by atoms with Gasteiger partial charge in [0.25, 0.3) is 0 Å². The molecular formula is C14H16N2O4S2. The van der Waals surface area contributed by atoms with E-state index in [4.69, 9.17) is 0 Å². The highest BCUT2D eigenvalue weighted by Gasteiger charge is 2.19. The lowest BCUT2D eigenvalue weighted by Crippen LogP contribution is -2.27. The summed E-state index contributed by atoms with van der Waals surface area (Å²) in [5.74, 6) is 0. The normalized spacial score (nSPS) is 13.7. The van der Waals surface area contributed by atoms with Crippen molar-refractivity contribution in [3.8, 4) is 0 Å². The van der Waals surface area contributed by atoms with Gasteiger partial charge in [-0.2, -0.15) is 0 Å². The molecule has 1 aromatic carbocycles. The van der Waals surface area contributed by atoms with Gasteiger partial charge < -0.3 is 0 Å². The Kier molecular flexibility index (Phi) is 4.64. The molecule has 0 radical (unpaired) electrons. The molecule has 2 aromatic rings. The van der Waals surface area contributed by atoms with E-state index in [0.717, 1.165) is 11.8 Å². The van der Waals surface area contributed by atoms with E-state index >= 15 is 0 Å². The van der Waals surface area contributed by atoms with Crippen molar-refractivity contribution in [2.75, 3.05) is 6.26 Å². The van der Waals surface area contributed by atoms with Gasteiger partial charge in [0.2, 0.25) is 10.0 Å². The minimum atomic E-state index is -3.74. The van der Waals surface area contributed by atoms with Crippen LogP contribution in [0.25, 0.3) is 0 Å². The van der Waals surface area contributed by atoms with Crippen molar-refractivity contribution in [3.05, 3.63) is 54.4 Å². The molecule has 0 aliphatic heterocycles. The highest BCUT2D eigenvalue weighted by Crippen LogP contribution is 2.18. The third-order valence-corrected chi connectivity index (χ3v) is 5.76. The number of hydrogen-bond acceptors (Lipinski definition) is 5. The largest absolute Gasteiger partial charge is 0.264 e. The Morgan fingerprint density at radius 3 is 2.09 bits per heavy atom. The second kappa shape index (κ2) is 6.15. The Morgan fingerprint density at radius 1 is 1.00 bits per heavy atom. The average Bonchev–Trinajstić information content (AvgIpc) is 2.47. The molecule has 0 amide bonds. The summed E-state index contributed by atoms with van der Waals surface area (Å²) in [7, 11) is -7.10. The minimum Gasteiger partial charge on any atom is -0.264 e. The van der Waals surface area contributed by atoms with E-state index in [2.05, 4.69) is 9.71 Å². The van der Waals surface area contributed by atoms with Crippen LogP contribution in [0.5, 0.6) is 0 Å². The van der Waals surface area contributed by atoms with E-state index in [-0.39, 0.29) is 9.79 Å². The van der Waals surface area contributed by atoms with Gasteiger partial charge in [-0.15, -0.1) is 0 Å². The fraction of sp³-hybridized carbons (Fsp3) is 0.214. The van der Waals surface area contributed by atoms with Crippen LogP contribution in [0.1, 0.15) is 18.5 Å². The van der Waals surface area contributed by atoms with E-state index < -0.39 is 25.9 Å². The van der Waals surface area contributed by atoms with Crippen LogP contribution >= 0.6 is 0 Å². The van der Waals surface area contributed by atoms with Gasteiger partial charge in [0.05, 0.1) is 9.79 Å². The maximum atomic E-state index is 12.3. The SMILES string of the molecule is CC(NS(=O)(=O)c1ccc(S(C)(=O)=O)cc1)c1cccnc1. The van der Waals surface area contributed by atoms with Crippen LogP contribution in [0.4, 0.5) is 0 Å². The fourth-order valence-electron chi connectivity index (χ4n) is 1.87. The molecule has 0 saturated carbocycles. The zero-order chi connectivity index (χ0) is 16.4. The molecule has 1 aromatic heterocycles. The second-order valence-electron chi connectivity index (χ2n) is 4.87. The Bertz CT molecular complexity index is 845. The van der Waals surface area contributed by atoms with Crippen molar-refractivity contribution in [2.24, 2.45) is 0 Å². The molecule has 0 saturated heterocycles. The van der Waals surface area contributed by atoms with E-state index in [0.29, 0.717) is 0 Å².